The Morgan fingerprint density at radius 2 is 1.69 bits per heavy atom. The molecule has 6 heteroatoms. The van der Waals surface area contributed by atoms with Crippen molar-refractivity contribution in [3.63, 3.8) is 0 Å². The highest BCUT2D eigenvalue weighted by molar-refractivity contribution is 6.31. The van der Waals surface area contributed by atoms with Crippen LogP contribution in [0.5, 0.6) is 0 Å². The van der Waals surface area contributed by atoms with E-state index < -0.39 is 0 Å². The Kier molecular flexibility index (Phi) is 5.57. The zero-order valence-electron chi connectivity index (χ0n) is 15.5. The standard InChI is InChI=1S/C20H25ClN4O/c1-15-4-7-18(14-19(15)21)24-10-12-25(13-11-24)20(26)22-16-5-8-17(9-6-16)23(2)3/h4-9,14H,10-13H2,1-3H3,(H,22,26). The Morgan fingerprint density at radius 3 is 2.27 bits per heavy atom. The minimum atomic E-state index is -0.0517. The Labute approximate surface area is 160 Å². The Bertz CT molecular complexity index is 768. The van der Waals surface area contributed by atoms with Crippen LogP contribution in [0, 0.1) is 6.92 Å². The summed E-state index contributed by atoms with van der Waals surface area (Å²) in [7, 11) is 3.99. The first kappa shape index (κ1) is 18.4. The number of nitrogens with one attached hydrogen (secondary N) is 1. The lowest BCUT2D eigenvalue weighted by molar-refractivity contribution is 0.208. The number of amides is 2. The van der Waals surface area contributed by atoms with E-state index in [1.165, 1.54) is 0 Å². The van der Waals surface area contributed by atoms with Crippen molar-refractivity contribution in [2.24, 2.45) is 0 Å². The van der Waals surface area contributed by atoms with Crippen molar-refractivity contribution in [3.05, 3.63) is 53.1 Å². The molecule has 2 amide bonds. The molecule has 2 aromatic rings. The molecule has 0 bridgehead atoms. The van der Waals surface area contributed by atoms with Crippen LogP contribution in [0.3, 0.4) is 0 Å². The molecule has 1 saturated heterocycles. The average molecular weight is 373 g/mol. The number of aryl methyl sites for hydroxylation is 1. The van der Waals surface area contributed by atoms with Gasteiger partial charge in [0.2, 0.25) is 0 Å². The number of anilines is 3. The van der Waals surface area contributed by atoms with Crippen molar-refractivity contribution in [1.29, 1.82) is 0 Å². The molecule has 0 unspecified atom stereocenters. The largest absolute Gasteiger partial charge is 0.378 e. The average Bonchev–Trinajstić information content (AvgIpc) is 2.64. The Hall–Kier alpha value is -2.40. The van der Waals surface area contributed by atoms with Gasteiger partial charge in [0.1, 0.15) is 0 Å². The molecule has 1 aliphatic heterocycles. The molecule has 0 radical (unpaired) electrons. The third-order valence-corrected chi connectivity index (χ3v) is 5.13. The summed E-state index contributed by atoms with van der Waals surface area (Å²) in [5.41, 5.74) is 4.11. The van der Waals surface area contributed by atoms with Crippen LogP contribution in [0.4, 0.5) is 21.9 Å². The van der Waals surface area contributed by atoms with Crippen molar-refractivity contribution in [2.75, 3.05) is 55.4 Å². The number of nitrogens with zero attached hydrogens (tertiary/aromatic N) is 3. The smallest absolute Gasteiger partial charge is 0.321 e. The Balaban J connectivity index is 1.55. The normalized spacial score (nSPS) is 14.3. The van der Waals surface area contributed by atoms with Gasteiger partial charge < -0.3 is 20.0 Å². The number of urea groups is 1. The van der Waals surface area contributed by atoms with Gasteiger partial charge in [-0.1, -0.05) is 17.7 Å². The summed E-state index contributed by atoms with van der Waals surface area (Å²) in [6, 6.07) is 13.9. The predicted molar refractivity (Wildman–Crippen MR) is 110 cm³/mol. The molecule has 1 aliphatic rings. The summed E-state index contributed by atoms with van der Waals surface area (Å²) < 4.78 is 0. The molecular formula is C20H25ClN4O. The van der Waals surface area contributed by atoms with E-state index in [4.69, 9.17) is 11.6 Å². The molecule has 0 atom stereocenters. The second-order valence-corrected chi connectivity index (χ2v) is 7.19. The van der Waals surface area contributed by atoms with Gasteiger partial charge in [-0.3, -0.25) is 0 Å². The summed E-state index contributed by atoms with van der Waals surface area (Å²) in [5, 5.41) is 3.76. The molecular weight excluding hydrogens is 348 g/mol. The zero-order chi connectivity index (χ0) is 18.7. The molecule has 5 nitrogen and oxygen atoms in total. The van der Waals surface area contributed by atoms with E-state index in [1.54, 1.807) is 0 Å². The molecule has 0 saturated carbocycles. The first-order chi connectivity index (χ1) is 12.4. The van der Waals surface area contributed by atoms with Crippen molar-refractivity contribution in [3.8, 4) is 0 Å². The lowest BCUT2D eigenvalue weighted by Crippen LogP contribution is -2.50. The highest BCUT2D eigenvalue weighted by Crippen LogP contribution is 2.24. The minimum absolute atomic E-state index is 0.0517. The third kappa shape index (κ3) is 4.22. The third-order valence-electron chi connectivity index (χ3n) is 4.72. The monoisotopic (exact) mass is 372 g/mol. The van der Waals surface area contributed by atoms with Gasteiger partial charge in [0.15, 0.2) is 0 Å². The van der Waals surface area contributed by atoms with Crippen LogP contribution in [0.1, 0.15) is 5.56 Å². The van der Waals surface area contributed by atoms with E-state index in [-0.39, 0.29) is 6.03 Å². The molecule has 1 heterocycles. The topological polar surface area (TPSA) is 38.8 Å². The fourth-order valence-electron chi connectivity index (χ4n) is 2.99. The molecule has 2 aromatic carbocycles. The summed E-state index contributed by atoms with van der Waals surface area (Å²) in [4.78, 5) is 18.6. The molecule has 0 aliphatic carbocycles. The van der Waals surface area contributed by atoms with Crippen LogP contribution in [-0.4, -0.2) is 51.2 Å². The van der Waals surface area contributed by atoms with Crippen LogP contribution < -0.4 is 15.1 Å². The molecule has 26 heavy (non-hydrogen) atoms. The van der Waals surface area contributed by atoms with Crippen molar-refractivity contribution in [1.82, 2.24) is 4.90 Å². The van der Waals surface area contributed by atoms with Crippen LogP contribution >= 0.6 is 11.6 Å². The Morgan fingerprint density at radius 1 is 1.04 bits per heavy atom. The van der Waals surface area contributed by atoms with Gasteiger partial charge in [-0.05, 0) is 48.9 Å². The second kappa shape index (κ2) is 7.87. The maximum Gasteiger partial charge on any atom is 0.321 e. The van der Waals surface area contributed by atoms with Gasteiger partial charge in [0.25, 0.3) is 0 Å². The number of rotatable bonds is 3. The van der Waals surface area contributed by atoms with Gasteiger partial charge in [0.05, 0.1) is 0 Å². The summed E-state index contributed by atoms with van der Waals surface area (Å²) in [6.07, 6.45) is 0. The number of hydrogen-bond acceptors (Lipinski definition) is 3. The number of carbonyl (C=O) groups excluding carboxylic acids is 1. The zero-order valence-corrected chi connectivity index (χ0v) is 16.3. The summed E-state index contributed by atoms with van der Waals surface area (Å²) in [6.45, 7) is 4.97. The van der Waals surface area contributed by atoms with Gasteiger partial charge in [0, 0.05) is 62.4 Å². The lowest BCUT2D eigenvalue weighted by atomic mass is 10.2. The first-order valence-electron chi connectivity index (χ1n) is 8.78. The molecule has 3 rings (SSSR count). The number of hydrogen-bond donors (Lipinski definition) is 1. The van der Waals surface area contributed by atoms with E-state index in [9.17, 15) is 4.79 Å². The second-order valence-electron chi connectivity index (χ2n) is 6.78. The summed E-state index contributed by atoms with van der Waals surface area (Å²) >= 11 is 6.23. The maximum atomic E-state index is 12.5. The van der Waals surface area contributed by atoms with Crippen molar-refractivity contribution >= 4 is 34.7 Å². The van der Waals surface area contributed by atoms with Gasteiger partial charge >= 0.3 is 6.03 Å². The predicted octanol–water partition coefficient (Wildman–Crippen LogP) is 4.07. The van der Waals surface area contributed by atoms with Gasteiger partial charge in [-0.2, -0.15) is 0 Å². The van der Waals surface area contributed by atoms with Crippen LogP contribution in [0.2, 0.25) is 5.02 Å². The number of benzene rings is 2. The van der Waals surface area contributed by atoms with E-state index in [1.807, 2.05) is 67.2 Å². The molecule has 1 N–H and O–H groups in total. The molecule has 138 valence electrons. The fourth-order valence-corrected chi connectivity index (χ4v) is 3.17. The van der Waals surface area contributed by atoms with E-state index >= 15 is 0 Å². The van der Waals surface area contributed by atoms with Crippen LogP contribution in [-0.2, 0) is 0 Å². The quantitative estimate of drug-likeness (QED) is 0.882. The van der Waals surface area contributed by atoms with E-state index in [0.717, 1.165) is 40.7 Å². The fraction of sp³-hybridized carbons (Fsp3) is 0.350. The molecule has 1 fully saturated rings. The van der Waals surface area contributed by atoms with Crippen molar-refractivity contribution in [2.45, 2.75) is 6.92 Å². The lowest BCUT2D eigenvalue weighted by Gasteiger charge is -2.36. The van der Waals surface area contributed by atoms with Gasteiger partial charge in [-0.25, -0.2) is 4.79 Å². The molecule has 0 aromatic heterocycles. The maximum absolute atomic E-state index is 12.5. The number of halogens is 1. The number of carbonyl (C=O) groups is 1. The van der Waals surface area contributed by atoms with Crippen molar-refractivity contribution < 1.29 is 4.79 Å². The molecule has 0 spiro atoms. The van der Waals surface area contributed by atoms with Gasteiger partial charge in [-0.15, -0.1) is 0 Å². The van der Waals surface area contributed by atoms with E-state index in [2.05, 4.69) is 16.3 Å². The SMILES string of the molecule is Cc1ccc(N2CCN(C(=O)Nc3ccc(N(C)C)cc3)CC2)cc1Cl. The van der Waals surface area contributed by atoms with Crippen LogP contribution in [0.25, 0.3) is 0 Å². The summed E-state index contributed by atoms with van der Waals surface area (Å²) in [5.74, 6) is 0. The number of piperazine rings is 1. The highest BCUT2D eigenvalue weighted by Gasteiger charge is 2.21. The van der Waals surface area contributed by atoms with Crippen LogP contribution in [0.15, 0.2) is 42.5 Å². The minimum Gasteiger partial charge on any atom is -0.378 e. The highest BCUT2D eigenvalue weighted by atomic mass is 35.5. The van der Waals surface area contributed by atoms with E-state index in [0.29, 0.717) is 13.1 Å². The first-order valence-corrected chi connectivity index (χ1v) is 9.16.